The van der Waals surface area contributed by atoms with E-state index in [9.17, 15) is 4.79 Å². The van der Waals surface area contributed by atoms with Crippen LogP contribution in [-0.4, -0.2) is 18.7 Å². The normalized spacial score (nSPS) is 11.2. The van der Waals surface area contributed by atoms with E-state index in [-0.39, 0.29) is 12.5 Å². The number of carbonyl (C=O) groups is 1. The largest absolute Gasteiger partial charge is 0.488 e. The zero-order valence-electron chi connectivity index (χ0n) is 19.7. The van der Waals surface area contributed by atoms with Crippen LogP contribution in [0.5, 0.6) is 11.5 Å². The fourth-order valence-electron chi connectivity index (χ4n) is 3.99. The Morgan fingerprint density at radius 2 is 1.49 bits per heavy atom. The van der Waals surface area contributed by atoms with Gasteiger partial charge in [0.05, 0.1) is 10.7 Å². The van der Waals surface area contributed by atoms with Gasteiger partial charge in [-0.2, -0.15) is 5.10 Å². The minimum atomic E-state index is -0.367. The predicted molar refractivity (Wildman–Crippen MR) is 155 cm³/mol. The van der Waals surface area contributed by atoms with Gasteiger partial charge in [-0.15, -0.1) is 0 Å². The van der Waals surface area contributed by atoms with Crippen LogP contribution in [0.2, 0.25) is 0 Å². The molecule has 0 aliphatic heterocycles. The Morgan fingerprint density at radius 3 is 2.27 bits per heavy atom. The van der Waals surface area contributed by atoms with E-state index in [1.54, 1.807) is 6.21 Å². The summed E-state index contributed by atoms with van der Waals surface area (Å²) in [5, 5.41) is 8.33. The highest BCUT2D eigenvalue weighted by molar-refractivity contribution is 9.11. The molecule has 184 valence electrons. The van der Waals surface area contributed by atoms with Crippen molar-refractivity contribution in [3.63, 3.8) is 0 Å². The van der Waals surface area contributed by atoms with Crippen LogP contribution < -0.4 is 14.9 Å². The van der Waals surface area contributed by atoms with E-state index in [2.05, 4.69) is 42.4 Å². The first-order valence-electron chi connectivity index (χ1n) is 11.6. The van der Waals surface area contributed by atoms with Gasteiger partial charge in [0.15, 0.2) is 6.61 Å². The Hall–Kier alpha value is -3.68. The molecule has 0 saturated carbocycles. The summed E-state index contributed by atoms with van der Waals surface area (Å²) in [5.41, 5.74) is 4.38. The molecule has 0 aromatic heterocycles. The molecule has 0 aliphatic carbocycles. The van der Waals surface area contributed by atoms with Crippen LogP contribution in [0.3, 0.4) is 0 Å². The maximum absolute atomic E-state index is 12.5. The molecule has 0 saturated heterocycles. The van der Waals surface area contributed by atoms with Crippen LogP contribution >= 0.6 is 31.9 Å². The Balaban J connectivity index is 1.28. The van der Waals surface area contributed by atoms with Crippen LogP contribution in [-0.2, 0) is 11.4 Å². The summed E-state index contributed by atoms with van der Waals surface area (Å²) in [6.45, 7) is 0.232. The van der Waals surface area contributed by atoms with Gasteiger partial charge < -0.3 is 9.47 Å². The molecule has 0 radical (unpaired) electrons. The summed E-state index contributed by atoms with van der Waals surface area (Å²) >= 11 is 7.07. The molecule has 0 heterocycles. The first-order chi connectivity index (χ1) is 18.1. The monoisotopic (exact) mass is 616 g/mol. The molecule has 0 unspecified atom stereocenters. The Bertz CT molecular complexity index is 1620. The summed E-state index contributed by atoms with van der Waals surface area (Å²) in [6.07, 6.45) is 1.61. The van der Waals surface area contributed by atoms with Crippen molar-refractivity contribution < 1.29 is 14.3 Å². The standard InChI is InChI=1S/C30H22Br2N2O3/c31-23-9-5-6-20(16-23)18-36-27-14-12-21-7-1-3-10-24(21)26(27)17-33-34-29(35)19-37-28-15-13-22-8-2-4-11-25(22)30(28)32/h1-17H,18-19H2,(H,34,35). The Morgan fingerprint density at radius 1 is 0.784 bits per heavy atom. The molecule has 0 aliphatic rings. The van der Waals surface area contributed by atoms with Gasteiger partial charge in [0.25, 0.3) is 5.91 Å². The first-order valence-corrected chi connectivity index (χ1v) is 13.2. The lowest BCUT2D eigenvalue weighted by molar-refractivity contribution is -0.123. The minimum Gasteiger partial charge on any atom is -0.488 e. The number of fused-ring (bicyclic) bond motifs is 2. The molecule has 7 heteroatoms. The number of benzene rings is 5. The molecule has 5 nitrogen and oxygen atoms in total. The topological polar surface area (TPSA) is 59.9 Å². The van der Waals surface area contributed by atoms with E-state index in [0.29, 0.717) is 18.1 Å². The Labute approximate surface area is 231 Å². The second kappa shape index (κ2) is 11.6. The average molecular weight is 618 g/mol. The Kier molecular flexibility index (Phi) is 7.82. The predicted octanol–water partition coefficient (Wildman–Crippen LogP) is 7.63. The highest BCUT2D eigenvalue weighted by Gasteiger charge is 2.10. The highest BCUT2D eigenvalue weighted by Crippen LogP contribution is 2.33. The SMILES string of the molecule is O=C(COc1ccc2ccccc2c1Br)NN=Cc1c(OCc2cccc(Br)c2)ccc2ccccc12. The van der Waals surface area contributed by atoms with Crippen LogP contribution in [0.4, 0.5) is 0 Å². The number of nitrogens with zero attached hydrogens (tertiary/aromatic N) is 1. The second-order valence-electron chi connectivity index (χ2n) is 8.30. The van der Waals surface area contributed by atoms with Gasteiger partial charge in [-0.1, -0.05) is 88.7 Å². The van der Waals surface area contributed by atoms with Gasteiger partial charge in [0, 0.05) is 10.0 Å². The van der Waals surface area contributed by atoms with Gasteiger partial charge >= 0.3 is 0 Å². The molecule has 0 spiro atoms. The third-order valence-corrected chi connectivity index (χ3v) is 7.09. The van der Waals surface area contributed by atoms with E-state index in [1.165, 1.54) is 0 Å². The third-order valence-electron chi connectivity index (χ3n) is 5.78. The van der Waals surface area contributed by atoms with E-state index in [4.69, 9.17) is 9.47 Å². The van der Waals surface area contributed by atoms with Crippen LogP contribution in [0.1, 0.15) is 11.1 Å². The van der Waals surface area contributed by atoms with E-state index in [1.807, 2.05) is 97.1 Å². The molecule has 37 heavy (non-hydrogen) atoms. The third kappa shape index (κ3) is 6.01. The van der Waals surface area contributed by atoms with Crippen molar-refractivity contribution in [2.75, 3.05) is 6.61 Å². The van der Waals surface area contributed by atoms with Crippen molar-refractivity contribution in [2.24, 2.45) is 5.10 Å². The lowest BCUT2D eigenvalue weighted by Gasteiger charge is -2.12. The first kappa shape index (κ1) is 25.0. The van der Waals surface area contributed by atoms with Gasteiger partial charge in [0.2, 0.25) is 0 Å². The maximum atomic E-state index is 12.5. The van der Waals surface area contributed by atoms with Crippen molar-refractivity contribution in [2.45, 2.75) is 6.61 Å². The van der Waals surface area contributed by atoms with Gasteiger partial charge in [-0.05, 0) is 67.3 Å². The lowest BCUT2D eigenvalue weighted by atomic mass is 10.0. The van der Waals surface area contributed by atoms with E-state index < -0.39 is 0 Å². The van der Waals surface area contributed by atoms with Crippen molar-refractivity contribution in [1.82, 2.24) is 5.43 Å². The summed E-state index contributed by atoms with van der Waals surface area (Å²) in [4.78, 5) is 12.5. The summed E-state index contributed by atoms with van der Waals surface area (Å²) < 4.78 is 13.7. The van der Waals surface area contributed by atoms with E-state index in [0.717, 1.165) is 41.6 Å². The number of ether oxygens (including phenoxy) is 2. The number of amides is 1. The van der Waals surface area contributed by atoms with Crippen LogP contribution in [0, 0.1) is 0 Å². The van der Waals surface area contributed by atoms with Crippen LogP contribution in [0.15, 0.2) is 111 Å². The second-order valence-corrected chi connectivity index (χ2v) is 10.0. The van der Waals surface area contributed by atoms with Gasteiger partial charge in [-0.25, -0.2) is 5.43 Å². The zero-order chi connectivity index (χ0) is 25.6. The number of hydrogen-bond donors (Lipinski definition) is 1. The summed E-state index contributed by atoms with van der Waals surface area (Å²) in [5.74, 6) is 0.899. The fourth-order valence-corrected chi connectivity index (χ4v) is 5.05. The number of halogens is 2. The molecular formula is C30H22Br2N2O3. The van der Waals surface area contributed by atoms with Crippen LogP contribution in [0.25, 0.3) is 21.5 Å². The number of hydrogen-bond acceptors (Lipinski definition) is 4. The molecule has 0 fully saturated rings. The van der Waals surface area contributed by atoms with E-state index >= 15 is 0 Å². The lowest BCUT2D eigenvalue weighted by Crippen LogP contribution is -2.24. The van der Waals surface area contributed by atoms with Crippen molar-refractivity contribution in [3.8, 4) is 11.5 Å². The molecule has 5 rings (SSSR count). The van der Waals surface area contributed by atoms with Crippen molar-refractivity contribution >= 4 is 65.5 Å². The van der Waals surface area contributed by atoms with Gasteiger partial charge in [0.1, 0.15) is 18.1 Å². The van der Waals surface area contributed by atoms with Crippen molar-refractivity contribution in [1.29, 1.82) is 0 Å². The molecule has 0 bridgehead atoms. The summed E-state index contributed by atoms with van der Waals surface area (Å²) in [6, 6.07) is 31.6. The quantitative estimate of drug-likeness (QED) is 0.144. The molecule has 1 N–H and O–H groups in total. The average Bonchev–Trinajstić information content (AvgIpc) is 2.92. The number of carbonyl (C=O) groups excluding carboxylic acids is 1. The fraction of sp³-hybridized carbons (Fsp3) is 0.0667. The molecule has 5 aromatic carbocycles. The molecule has 0 atom stereocenters. The van der Waals surface area contributed by atoms with Crippen molar-refractivity contribution in [3.05, 3.63) is 117 Å². The summed E-state index contributed by atoms with van der Waals surface area (Å²) in [7, 11) is 0. The zero-order valence-corrected chi connectivity index (χ0v) is 22.8. The van der Waals surface area contributed by atoms with Gasteiger partial charge in [-0.3, -0.25) is 4.79 Å². The smallest absolute Gasteiger partial charge is 0.277 e. The highest BCUT2D eigenvalue weighted by atomic mass is 79.9. The minimum absolute atomic E-state index is 0.171. The number of rotatable bonds is 8. The molecule has 1 amide bonds. The molecule has 5 aromatic rings. The number of hydrazone groups is 1. The number of nitrogens with one attached hydrogen (secondary N) is 1. The molecular weight excluding hydrogens is 596 g/mol. The maximum Gasteiger partial charge on any atom is 0.277 e.